The van der Waals surface area contributed by atoms with Crippen LogP contribution in [0.25, 0.3) is 34.0 Å². The quantitative estimate of drug-likeness (QED) is 0.529. The lowest BCUT2D eigenvalue weighted by Gasteiger charge is -2.10. The van der Waals surface area contributed by atoms with E-state index in [9.17, 15) is 4.39 Å². The molecule has 0 saturated heterocycles. The zero-order valence-electron chi connectivity index (χ0n) is 14.5. The van der Waals surface area contributed by atoms with Crippen molar-refractivity contribution in [2.24, 2.45) is 0 Å². The third-order valence-electron chi connectivity index (χ3n) is 4.16. The number of hydrogen-bond acceptors (Lipinski definition) is 5. The first kappa shape index (κ1) is 16.8. The van der Waals surface area contributed by atoms with Crippen LogP contribution in [-0.4, -0.2) is 17.3 Å². The van der Waals surface area contributed by atoms with Crippen LogP contribution in [0.4, 0.5) is 10.1 Å². The Kier molecular flexibility index (Phi) is 4.30. The summed E-state index contributed by atoms with van der Waals surface area (Å²) < 4.78 is 24.9. The SMILES string of the molecule is COc1ccc(-c2nnc(-c3ccc(N)cc3)o2)cc1-c1cccc(F)c1. The molecule has 0 atom stereocenters. The Morgan fingerprint density at radius 3 is 2.26 bits per heavy atom. The fraction of sp³-hybridized carbons (Fsp3) is 0.0476. The van der Waals surface area contributed by atoms with Crippen LogP contribution in [0.15, 0.2) is 71.1 Å². The molecule has 27 heavy (non-hydrogen) atoms. The van der Waals surface area contributed by atoms with Gasteiger partial charge in [0, 0.05) is 22.4 Å². The van der Waals surface area contributed by atoms with Crippen molar-refractivity contribution in [1.82, 2.24) is 10.2 Å². The molecular formula is C21H16FN3O2. The Balaban J connectivity index is 1.75. The van der Waals surface area contributed by atoms with Gasteiger partial charge in [0.15, 0.2) is 0 Å². The van der Waals surface area contributed by atoms with Gasteiger partial charge in [-0.2, -0.15) is 0 Å². The third-order valence-corrected chi connectivity index (χ3v) is 4.16. The van der Waals surface area contributed by atoms with E-state index in [0.717, 1.165) is 11.1 Å². The molecule has 0 amide bonds. The molecule has 4 aromatic rings. The van der Waals surface area contributed by atoms with Gasteiger partial charge >= 0.3 is 0 Å². The summed E-state index contributed by atoms with van der Waals surface area (Å²) in [7, 11) is 1.57. The Morgan fingerprint density at radius 1 is 0.852 bits per heavy atom. The number of hydrogen-bond donors (Lipinski definition) is 1. The van der Waals surface area contributed by atoms with Crippen LogP contribution >= 0.6 is 0 Å². The van der Waals surface area contributed by atoms with E-state index in [4.69, 9.17) is 14.9 Å². The first-order chi connectivity index (χ1) is 13.1. The maximum Gasteiger partial charge on any atom is 0.248 e. The highest BCUT2D eigenvalue weighted by atomic mass is 19.1. The van der Waals surface area contributed by atoms with Crippen molar-refractivity contribution in [3.8, 4) is 39.8 Å². The molecule has 0 aliphatic heterocycles. The van der Waals surface area contributed by atoms with Gasteiger partial charge in [0.25, 0.3) is 0 Å². The Bertz CT molecular complexity index is 1090. The molecule has 0 saturated carbocycles. The largest absolute Gasteiger partial charge is 0.496 e. The number of rotatable bonds is 4. The van der Waals surface area contributed by atoms with Crippen LogP contribution in [0.5, 0.6) is 5.75 Å². The summed E-state index contributed by atoms with van der Waals surface area (Å²) in [6.45, 7) is 0. The van der Waals surface area contributed by atoms with Gasteiger partial charge in [-0.25, -0.2) is 4.39 Å². The van der Waals surface area contributed by atoms with E-state index in [-0.39, 0.29) is 5.82 Å². The fourth-order valence-corrected chi connectivity index (χ4v) is 2.80. The molecule has 1 aromatic heterocycles. The van der Waals surface area contributed by atoms with Crippen molar-refractivity contribution in [2.75, 3.05) is 12.8 Å². The third kappa shape index (κ3) is 3.37. The molecule has 2 N–H and O–H groups in total. The van der Waals surface area contributed by atoms with Gasteiger partial charge < -0.3 is 14.9 Å². The van der Waals surface area contributed by atoms with E-state index in [1.165, 1.54) is 12.1 Å². The molecule has 0 spiro atoms. The van der Waals surface area contributed by atoms with E-state index < -0.39 is 0 Å². The van der Waals surface area contributed by atoms with Crippen LogP contribution in [-0.2, 0) is 0 Å². The molecule has 0 radical (unpaired) electrons. The van der Waals surface area contributed by atoms with Crippen LogP contribution in [0.1, 0.15) is 0 Å². The zero-order valence-corrected chi connectivity index (χ0v) is 14.5. The van der Waals surface area contributed by atoms with Gasteiger partial charge in [0.2, 0.25) is 11.8 Å². The van der Waals surface area contributed by atoms with Crippen molar-refractivity contribution < 1.29 is 13.5 Å². The summed E-state index contributed by atoms with van der Waals surface area (Å²) in [5, 5.41) is 8.23. The summed E-state index contributed by atoms with van der Waals surface area (Å²) >= 11 is 0. The Morgan fingerprint density at radius 2 is 1.56 bits per heavy atom. The summed E-state index contributed by atoms with van der Waals surface area (Å²) in [6, 6.07) is 19.0. The highest BCUT2D eigenvalue weighted by Gasteiger charge is 2.14. The molecule has 0 aliphatic rings. The van der Waals surface area contributed by atoms with Crippen LogP contribution in [0.3, 0.4) is 0 Å². The molecule has 0 fully saturated rings. The van der Waals surface area contributed by atoms with Gasteiger partial charge in [0.1, 0.15) is 11.6 Å². The molecule has 0 aliphatic carbocycles. The fourth-order valence-electron chi connectivity index (χ4n) is 2.80. The van der Waals surface area contributed by atoms with E-state index in [2.05, 4.69) is 10.2 Å². The van der Waals surface area contributed by atoms with Crippen molar-refractivity contribution >= 4 is 5.69 Å². The highest BCUT2D eigenvalue weighted by molar-refractivity contribution is 5.75. The first-order valence-electron chi connectivity index (χ1n) is 8.28. The number of aromatic nitrogens is 2. The number of nitrogen functional groups attached to an aromatic ring is 1. The van der Waals surface area contributed by atoms with E-state index in [0.29, 0.717) is 34.3 Å². The summed E-state index contributed by atoms with van der Waals surface area (Å²) in [4.78, 5) is 0. The van der Waals surface area contributed by atoms with Crippen molar-refractivity contribution in [2.45, 2.75) is 0 Å². The van der Waals surface area contributed by atoms with E-state index in [1.54, 1.807) is 31.4 Å². The van der Waals surface area contributed by atoms with Crippen molar-refractivity contribution in [1.29, 1.82) is 0 Å². The average molecular weight is 361 g/mol. The van der Waals surface area contributed by atoms with Gasteiger partial charge in [0.05, 0.1) is 7.11 Å². The second-order valence-corrected chi connectivity index (χ2v) is 5.96. The standard InChI is InChI=1S/C21H16FN3O2/c1-26-19-10-7-15(12-18(19)14-3-2-4-16(22)11-14)21-25-24-20(27-21)13-5-8-17(23)9-6-13/h2-12H,23H2,1H3. The summed E-state index contributed by atoms with van der Waals surface area (Å²) in [5.74, 6) is 1.07. The number of ether oxygens (including phenoxy) is 1. The lowest BCUT2D eigenvalue weighted by atomic mass is 10.0. The minimum atomic E-state index is -0.316. The lowest BCUT2D eigenvalue weighted by Crippen LogP contribution is -1.90. The minimum absolute atomic E-state index is 0.316. The molecule has 134 valence electrons. The number of benzene rings is 3. The maximum atomic E-state index is 13.6. The molecule has 6 heteroatoms. The first-order valence-corrected chi connectivity index (χ1v) is 8.28. The van der Waals surface area contributed by atoms with Crippen LogP contribution < -0.4 is 10.5 Å². The predicted molar refractivity (Wildman–Crippen MR) is 102 cm³/mol. The zero-order chi connectivity index (χ0) is 18.8. The lowest BCUT2D eigenvalue weighted by molar-refractivity contribution is 0.416. The predicted octanol–water partition coefficient (Wildman–Crippen LogP) is 4.80. The second kappa shape index (κ2) is 6.92. The van der Waals surface area contributed by atoms with Gasteiger partial charge in [-0.15, -0.1) is 10.2 Å². The number of nitrogens with two attached hydrogens (primary N) is 1. The second-order valence-electron chi connectivity index (χ2n) is 5.96. The Labute approximate surface area is 155 Å². The highest BCUT2D eigenvalue weighted by Crippen LogP contribution is 2.35. The maximum absolute atomic E-state index is 13.6. The summed E-state index contributed by atoms with van der Waals surface area (Å²) in [5.41, 5.74) is 9.30. The normalized spacial score (nSPS) is 10.7. The van der Waals surface area contributed by atoms with E-state index in [1.807, 2.05) is 30.3 Å². The smallest absolute Gasteiger partial charge is 0.248 e. The Hall–Kier alpha value is -3.67. The van der Waals surface area contributed by atoms with Gasteiger partial charge in [-0.3, -0.25) is 0 Å². The molecule has 4 rings (SSSR count). The average Bonchev–Trinajstić information content (AvgIpc) is 3.18. The van der Waals surface area contributed by atoms with Gasteiger partial charge in [-0.1, -0.05) is 12.1 Å². The topological polar surface area (TPSA) is 74.2 Å². The molecule has 0 bridgehead atoms. The monoisotopic (exact) mass is 361 g/mol. The number of anilines is 1. The molecule has 1 heterocycles. The molecule has 0 unspecified atom stereocenters. The van der Waals surface area contributed by atoms with Crippen molar-refractivity contribution in [3.05, 3.63) is 72.5 Å². The van der Waals surface area contributed by atoms with E-state index >= 15 is 0 Å². The number of nitrogens with zero attached hydrogens (tertiary/aromatic N) is 2. The number of halogens is 1. The number of methoxy groups -OCH3 is 1. The van der Waals surface area contributed by atoms with Crippen LogP contribution in [0, 0.1) is 5.82 Å². The molecule has 3 aromatic carbocycles. The molecule has 5 nitrogen and oxygen atoms in total. The van der Waals surface area contributed by atoms with Crippen LogP contribution in [0.2, 0.25) is 0 Å². The van der Waals surface area contributed by atoms with Gasteiger partial charge in [-0.05, 0) is 60.2 Å². The summed E-state index contributed by atoms with van der Waals surface area (Å²) in [6.07, 6.45) is 0. The molecular weight excluding hydrogens is 345 g/mol. The van der Waals surface area contributed by atoms with Crippen molar-refractivity contribution in [3.63, 3.8) is 0 Å². The minimum Gasteiger partial charge on any atom is -0.496 e.